The van der Waals surface area contributed by atoms with Crippen LogP contribution in [0.5, 0.6) is 0 Å². The number of carbonyl (C=O) groups is 1. The Bertz CT molecular complexity index is 406. The van der Waals surface area contributed by atoms with Crippen molar-refractivity contribution in [2.45, 2.75) is 31.8 Å². The van der Waals surface area contributed by atoms with Gasteiger partial charge in [-0.05, 0) is 31.2 Å². The average Bonchev–Trinajstić information content (AvgIpc) is 2.91. The van der Waals surface area contributed by atoms with E-state index in [0.29, 0.717) is 5.92 Å². The van der Waals surface area contributed by atoms with E-state index in [4.69, 9.17) is 10.5 Å². The van der Waals surface area contributed by atoms with Crippen LogP contribution in [-0.4, -0.2) is 25.2 Å². The van der Waals surface area contributed by atoms with Gasteiger partial charge in [0.15, 0.2) is 0 Å². The standard InChI is InChI=1S/C15H22N2O2.ClH/c1-11(16)15(18)17-14(9-12-7-8-19-10-12)13-5-3-2-4-6-13;/h2-6,11-12,14H,7-10,16H2,1H3,(H,17,18);1H/t11-,12?,14?;/m1./s1. The van der Waals surface area contributed by atoms with Crippen LogP contribution in [0, 0.1) is 5.92 Å². The number of benzene rings is 1. The molecule has 0 saturated carbocycles. The third-order valence-corrected chi connectivity index (χ3v) is 3.53. The molecule has 1 heterocycles. The highest BCUT2D eigenvalue weighted by atomic mass is 35.5. The largest absolute Gasteiger partial charge is 0.381 e. The van der Waals surface area contributed by atoms with Crippen LogP contribution < -0.4 is 11.1 Å². The van der Waals surface area contributed by atoms with Crippen molar-refractivity contribution in [3.05, 3.63) is 35.9 Å². The van der Waals surface area contributed by atoms with Crippen molar-refractivity contribution in [2.24, 2.45) is 11.7 Å². The molecule has 4 nitrogen and oxygen atoms in total. The van der Waals surface area contributed by atoms with E-state index >= 15 is 0 Å². The second-order valence-electron chi connectivity index (χ2n) is 5.23. The zero-order valence-corrected chi connectivity index (χ0v) is 12.6. The molecule has 2 unspecified atom stereocenters. The number of ether oxygens (including phenoxy) is 1. The molecule has 1 aliphatic rings. The maximum Gasteiger partial charge on any atom is 0.237 e. The Kier molecular flexibility index (Phi) is 6.99. The van der Waals surface area contributed by atoms with E-state index in [1.807, 2.05) is 30.3 Å². The summed E-state index contributed by atoms with van der Waals surface area (Å²) in [7, 11) is 0. The Hall–Kier alpha value is -1.10. The Morgan fingerprint density at radius 1 is 1.45 bits per heavy atom. The molecule has 1 aliphatic heterocycles. The number of hydrogen-bond donors (Lipinski definition) is 2. The van der Waals surface area contributed by atoms with E-state index < -0.39 is 6.04 Å². The van der Waals surface area contributed by atoms with E-state index in [9.17, 15) is 4.79 Å². The lowest BCUT2D eigenvalue weighted by Crippen LogP contribution is -2.40. The maximum absolute atomic E-state index is 11.8. The molecule has 1 aromatic rings. The van der Waals surface area contributed by atoms with Gasteiger partial charge in [-0.1, -0.05) is 30.3 Å². The summed E-state index contributed by atoms with van der Waals surface area (Å²) in [5, 5.41) is 3.04. The van der Waals surface area contributed by atoms with Gasteiger partial charge < -0.3 is 15.8 Å². The lowest BCUT2D eigenvalue weighted by atomic mass is 9.94. The van der Waals surface area contributed by atoms with Crippen LogP contribution in [0.25, 0.3) is 0 Å². The van der Waals surface area contributed by atoms with Gasteiger partial charge in [-0.25, -0.2) is 0 Å². The van der Waals surface area contributed by atoms with Gasteiger partial charge >= 0.3 is 0 Å². The Balaban J connectivity index is 0.00000200. The molecule has 0 aromatic heterocycles. The molecule has 1 aromatic carbocycles. The van der Waals surface area contributed by atoms with Gasteiger partial charge in [-0.2, -0.15) is 0 Å². The van der Waals surface area contributed by atoms with Crippen LogP contribution in [0.4, 0.5) is 0 Å². The fourth-order valence-electron chi connectivity index (χ4n) is 2.37. The van der Waals surface area contributed by atoms with Crippen molar-refractivity contribution >= 4 is 18.3 Å². The van der Waals surface area contributed by atoms with Crippen LogP contribution in [0.2, 0.25) is 0 Å². The predicted octanol–water partition coefficient (Wildman–Crippen LogP) is 2.04. The minimum atomic E-state index is -0.481. The van der Waals surface area contributed by atoms with E-state index in [1.54, 1.807) is 6.92 Å². The minimum Gasteiger partial charge on any atom is -0.381 e. The van der Waals surface area contributed by atoms with Gasteiger partial charge in [-0.15, -0.1) is 12.4 Å². The highest BCUT2D eigenvalue weighted by Crippen LogP contribution is 2.26. The molecule has 1 saturated heterocycles. The third kappa shape index (κ3) is 4.78. The first-order valence-corrected chi connectivity index (χ1v) is 6.85. The van der Waals surface area contributed by atoms with Crippen LogP contribution >= 0.6 is 12.4 Å². The first-order chi connectivity index (χ1) is 9.16. The minimum absolute atomic E-state index is 0. The van der Waals surface area contributed by atoms with Gasteiger partial charge in [0.05, 0.1) is 12.1 Å². The van der Waals surface area contributed by atoms with Crippen molar-refractivity contribution in [3.8, 4) is 0 Å². The van der Waals surface area contributed by atoms with Gasteiger partial charge in [0.25, 0.3) is 0 Å². The van der Waals surface area contributed by atoms with Gasteiger partial charge in [0.2, 0.25) is 5.91 Å². The average molecular weight is 299 g/mol. The molecular formula is C15H23ClN2O2. The molecule has 3 atom stereocenters. The summed E-state index contributed by atoms with van der Waals surface area (Å²) < 4.78 is 5.41. The van der Waals surface area contributed by atoms with Crippen LogP contribution in [0.1, 0.15) is 31.4 Å². The zero-order valence-electron chi connectivity index (χ0n) is 11.7. The van der Waals surface area contributed by atoms with Crippen LogP contribution in [0.15, 0.2) is 30.3 Å². The number of hydrogen-bond acceptors (Lipinski definition) is 3. The fourth-order valence-corrected chi connectivity index (χ4v) is 2.37. The van der Waals surface area contributed by atoms with E-state index in [0.717, 1.165) is 31.6 Å². The first-order valence-electron chi connectivity index (χ1n) is 6.85. The lowest BCUT2D eigenvalue weighted by molar-refractivity contribution is -0.122. The van der Waals surface area contributed by atoms with Crippen molar-refractivity contribution in [1.82, 2.24) is 5.32 Å². The number of carbonyl (C=O) groups excluding carboxylic acids is 1. The Morgan fingerprint density at radius 3 is 2.70 bits per heavy atom. The van der Waals surface area contributed by atoms with Crippen LogP contribution in [0.3, 0.4) is 0 Å². The summed E-state index contributed by atoms with van der Waals surface area (Å²) in [4.78, 5) is 11.8. The fraction of sp³-hybridized carbons (Fsp3) is 0.533. The van der Waals surface area contributed by atoms with Crippen molar-refractivity contribution in [1.29, 1.82) is 0 Å². The number of nitrogens with one attached hydrogen (secondary N) is 1. The zero-order chi connectivity index (χ0) is 13.7. The number of halogens is 1. The second kappa shape index (κ2) is 8.25. The highest BCUT2D eigenvalue weighted by Gasteiger charge is 2.23. The first kappa shape index (κ1) is 17.0. The normalized spacial score (nSPS) is 20.8. The molecule has 0 aliphatic carbocycles. The summed E-state index contributed by atoms with van der Waals surface area (Å²) in [6, 6.07) is 9.59. The molecule has 2 rings (SSSR count). The Labute approximate surface area is 126 Å². The summed E-state index contributed by atoms with van der Waals surface area (Å²) in [5.41, 5.74) is 6.76. The molecule has 1 fully saturated rings. The molecule has 0 bridgehead atoms. The van der Waals surface area contributed by atoms with Gasteiger partial charge in [0.1, 0.15) is 0 Å². The smallest absolute Gasteiger partial charge is 0.237 e. The highest BCUT2D eigenvalue weighted by molar-refractivity contribution is 5.85. The molecule has 0 spiro atoms. The Morgan fingerprint density at radius 2 is 2.15 bits per heavy atom. The van der Waals surface area contributed by atoms with Gasteiger partial charge in [-0.3, -0.25) is 4.79 Å². The molecule has 112 valence electrons. The van der Waals surface area contributed by atoms with Crippen molar-refractivity contribution in [3.63, 3.8) is 0 Å². The van der Waals surface area contributed by atoms with Gasteiger partial charge in [0, 0.05) is 13.2 Å². The lowest BCUT2D eigenvalue weighted by Gasteiger charge is -2.23. The molecule has 20 heavy (non-hydrogen) atoms. The van der Waals surface area contributed by atoms with E-state index in [1.165, 1.54) is 0 Å². The monoisotopic (exact) mass is 298 g/mol. The molecular weight excluding hydrogens is 276 g/mol. The van der Waals surface area contributed by atoms with E-state index in [-0.39, 0.29) is 24.4 Å². The molecule has 0 radical (unpaired) electrons. The van der Waals surface area contributed by atoms with Crippen molar-refractivity contribution < 1.29 is 9.53 Å². The van der Waals surface area contributed by atoms with Crippen LogP contribution in [-0.2, 0) is 9.53 Å². The molecule has 1 amide bonds. The summed E-state index contributed by atoms with van der Waals surface area (Å²) in [5.74, 6) is 0.409. The SMILES string of the molecule is C[C@@H](N)C(=O)NC(CC1CCOC1)c1ccccc1.Cl. The molecule has 3 N–H and O–H groups in total. The summed E-state index contributed by atoms with van der Waals surface area (Å²) in [6.45, 7) is 3.32. The number of rotatable bonds is 5. The second-order valence-corrected chi connectivity index (χ2v) is 5.23. The van der Waals surface area contributed by atoms with E-state index in [2.05, 4.69) is 5.32 Å². The summed E-state index contributed by atoms with van der Waals surface area (Å²) >= 11 is 0. The number of amides is 1. The van der Waals surface area contributed by atoms with Crippen molar-refractivity contribution in [2.75, 3.05) is 13.2 Å². The topological polar surface area (TPSA) is 64.4 Å². The quantitative estimate of drug-likeness (QED) is 0.874. The predicted molar refractivity (Wildman–Crippen MR) is 81.8 cm³/mol. The number of nitrogens with two attached hydrogens (primary N) is 1. The molecule has 5 heteroatoms. The third-order valence-electron chi connectivity index (χ3n) is 3.53. The summed E-state index contributed by atoms with van der Waals surface area (Å²) in [6.07, 6.45) is 1.97. The maximum atomic E-state index is 11.8.